The van der Waals surface area contributed by atoms with Crippen LogP contribution in [0.25, 0.3) is 0 Å². The molecule has 1 unspecified atom stereocenters. The maximum atomic E-state index is 13.0. The summed E-state index contributed by atoms with van der Waals surface area (Å²) in [5.74, 6) is -1.03. The lowest BCUT2D eigenvalue weighted by molar-refractivity contribution is -0.274. The van der Waals surface area contributed by atoms with E-state index >= 15 is 0 Å². The number of nitrogens with zero attached hydrogens (tertiary/aromatic N) is 1. The summed E-state index contributed by atoms with van der Waals surface area (Å²) in [5, 5.41) is 0. The molecule has 2 bridgehead atoms. The molecule has 2 amide bonds. The molecule has 3 aliphatic heterocycles. The summed E-state index contributed by atoms with van der Waals surface area (Å²) in [7, 11) is -0.672. The third kappa shape index (κ3) is 6.17. The minimum atomic E-state index is -4.78. The van der Waals surface area contributed by atoms with Crippen molar-refractivity contribution in [1.29, 1.82) is 0 Å². The van der Waals surface area contributed by atoms with Gasteiger partial charge in [0.25, 0.3) is 5.91 Å². The van der Waals surface area contributed by atoms with Crippen LogP contribution in [-0.2, 0) is 25.3 Å². The molecule has 3 saturated heterocycles. The number of ether oxygens (including phenoxy) is 3. The number of nitrogens with two attached hydrogens (primary N) is 1. The Hall–Kier alpha value is -3.29. The lowest BCUT2D eigenvalue weighted by atomic mass is 9.78. The van der Waals surface area contributed by atoms with Crippen molar-refractivity contribution < 1.29 is 46.3 Å². The maximum Gasteiger partial charge on any atom is 0.573 e. The second kappa shape index (κ2) is 10.5. The topological polar surface area (TPSA) is 110 Å². The molecule has 3 fully saturated rings. The van der Waals surface area contributed by atoms with Crippen LogP contribution in [0.2, 0.25) is 0 Å². The van der Waals surface area contributed by atoms with Crippen molar-refractivity contribution in [2.24, 2.45) is 11.7 Å². The average molecular weight is 576 g/mol. The van der Waals surface area contributed by atoms with Crippen molar-refractivity contribution in [3.05, 3.63) is 53.6 Å². The summed E-state index contributed by atoms with van der Waals surface area (Å²) in [5.41, 5.74) is 6.00. The van der Waals surface area contributed by atoms with E-state index in [0.29, 0.717) is 29.9 Å². The van der Waals surface area contributed by atoms with Gasteiger partial charge < -0.3 is 34.2 Å². The molecule has 41 heavy (non-hydrogen) atoms. The van der Waals surface area contributed by atoms with E-state index in [0.717, 1.165) is 0 Å². The largest absolute Gasteiger partial charge is 0.573 e. The van der Waals surface area contributed by atoms with E-state index in [1.807, 2.05) is 27.7 Å². The molecular formula is C28H32BF3N2O7. The van der Waals surface area contributed by atoms with E-state index < -0.39 is 42.8 Å². The highest BCUT2D eigenvalue weighted by Gasteiger charge is 2.52. The van der Waals surface area contributed by atoms with Crippen LogP contribution in [-0.4, -0.2) is 73.3 Å². The number of alkyl halides is 3. The highest BCUT2D eigenvalue weighted by molar-refractivity contribution is 6.62. The normalized spacial score (nSPS) is 24.8. The van der Waals surface area contributed by atoms with Gasteiger partial charge in [0.05, 0.1) is 36.3 Å². The molecule has 9 nitrogen and oxygen atoms in total. The van der Waals surface area contributed by atoms with Gasteiger partial charge in [-0.25, -0.2) is 0 Å². The summed E-state index contributed by atoms with van der Waals surface area (Å²) < 4.78 is 65.5. The monoisotopic (exact) mass is 576 g/mol. The molecule has 0 saturated carbocycles. The molecule has 3 aliphatic rings. The fraction of sp³-hybridized carbons (Fsp3) is 0.500. The summed E-state index contributed by atoms with van der Waals surface area (Å²) >= 11 is 0. The van der Waals surface area contributed by atoms with Crippen LogP contribution >= 0.6 is 0 Å². The Labute approximate surface area is 236 Å². The number of carbonyl (C=O) groups excluding carboxylic acids is 2. The molecule has 3 heterocycles. The smallest absolute Gasteiger partial charge is 0.486 e. The number of halogens is 3. The Morgan fingerprint density at radius 1 is 1.05 bits per heavy atom. The lowest BCUT2D eigenvalue weighted by Crippen LogP contribution is -2.52. The van der Waals surface area contributed by atoms with Crippen LogP contribution in [0.4, 0.5) is 13.2 Å². The first-order valence-electron chi connectivity index (χ1n) is 13.3. The summed E-state index contributed by atoms with van der Waals surface area (Å²) in [6, 6.07) is 10.3. The summed E-state index contributed by atoms with van der Waals surface area (Å²) in [6.45, 7) is 8.78. The van der Waals surface area contributed by atoms with E-state index in [1.54, 1.807) is 23.1 Å². The number of likely N-dealkylation sites (tertiary alicyclic amines) is 1. The summed E-state index contributed by atoms with van der Waals surface area (Å²) in [6.07, 6.45) is -5.60. The van der Waals surface area contributed by atoms with Gasteiger partial charge in [-0.05, 0) is 63.0 Å². The molecule has 3 atom stereocenters. The SMILES string of the molecule is CC1(C)OB(c2ccc(OC3[C@@H]4CO[C@H]3CN(C(=O)Cc3ccc(OC(F)(F)F)cc3)C4)c(C(N)=O)c2)OC1(C)C. The Morgan fingerprint density at radius 3 is 2.29 bits per heavy atom. The number of rotatable bonds is 7. The van der Waals surface area contributed by atoms with Crippen LogP contribution in [0.5, 0.6) is 11.5 Å². The average Bonchev–Trinajstić information content (AvgIpc) is 3.22. The van der Waals surface area contributed by atoms with E-state index in [4.69, 9.17) is 24.5 Å². The number of fused-ring (bicyclic) bond motifs is 2. The second-order valence-electron chi connectivity index (χ2n) is 11.6. The van der Waals surface area contributed by atoms with Crippen molar-refractivity contribution in [2.75, 3.05) is 19.7 Å². The van der Waals surface area contributed by atoms with Crippen molar-refractivity contribution in [1.82, 2.24) is 4.90 Å². The van der Waals surface area contributed by atoms with Gasteiger partial charge in [-0.3, -0.25) is 9.59 Å². The number of benzene rings is 2. The molecule has 2 aromatic rings. The van der Waals surface area contributed by atoms with Crippen LogP contribution in [0.1, 0.15) is 43.6 Å². The Kier molecular flexibility index (Phi) is 7.50. The standard InChI is InChI=1S/C28H32BF3N2O7/c1-26(2)27(3,4)41-29(40-26)18-7-10-21(20(12-18)25(33)36)38-24-17-13-34(14-22(24)37-15-17)23(35)11-16-5-8-19(9-6-16)39-28(30,31)32/h5-10,12,17,22,24H,11,13-15H2,1-4H3,(H2,33,36)/t17-,22-,24?/m0/s1. The minimum Gasteiger partial charge on any atom is -0.486 e. The van der Waals surface area contributed by atoms with Gasteiger partial charge in [-0.1, -0.05) is 18.2 Å². The zero-order valence-electron chi connectivity index (χ0n) is 23.2. The molecule has 2 N–H and O–H groups in total. The third-order valence-corrected chi connectivity index (χ3v) is 8.13. The molecule has 2 aromatic carbocycles. The van der Waals surface area contributed by atoms with Crippen LogP contribution in [0.3, 0.4) is 0 Å². The zero-order valence-corrected chi connectivity index (χ0v) is 23.2. The van der Waals surface area contributed by atoms with Gasteiger partial charge in [0, 0.05) is 12.5 Å². The number of hydrogen-bond acceptors (Lipinski definition) is 7. The predicted molar refractivity (Wildman–Crippen MR) is 142 cm³/mol. The first-order valence-corrected chi connectivity index (χ1v) is 13.3. The summed E-state index contributed by atoms with van der Waals surface area (Å²) in [4.78, 5) is 27.0. The highest BCUT2D eigenvalue weighted by Crippen LogP contribution is 2.37. The minimum absolute atomic E-state index is 0.0173. The van der Waals surface area contributed by atoms with E-state index in [1.165, 1.54) is 24.3 Å². The molecule has 13 heteroatoms. The van der Waals surface area contributed by atoms with Crippen molar-refractivity contribution in [3.8, 4) is 11.5 Å². The molecular weight excluding hydrogens is 544 g/mol. The van der Waals surface area contributed by atoms with Gasteiger partial charge in [0.15, 0.2) is 0 Å². The molecule has 0 aromatic heterocycles. The molecule has 0 radical (unpaired) electrons. The third-order valence-electron chi connectivity index (χ3n) is 8.13. The quantitative estimate of drug-likeness (QED) is 0.505. The van der Waals surface area contributed by atoms with Crippen molar-refractivity contribution >= 4 is 24.4 Å². The highest BCUT2D eigenvalue weighted by atomic mass is 19.4. The Balaban J connectivity index is 1.23. The molecule has 220 valence electrons. The van der Waals surface area contributed by atoms with E-state index in [-0.39, 0.29) is 36.1 Å². The van der Waals surface area contributed by atoms with E-state index in [9.17, 15) is 22.8 Å². The maximum absolute atomic E-state index is 13.0. The molecule has 0 aliphatic carbocycles. The molecule has 5 rings (SSSR count). The number of piperidine rings is 1. The fourth-order valence-corrected chi connectivity index (χ4v) is 5.21. The second-order valence-corrected chi connectivity index (χ2v) is 11.6. The Bertz CT molecular complexity index is 1290. The zero-order chi connectivity index (χ0) is 29.7. The molecule has 0 spiro atoms. The number of amides is 2. The van der Waals surface area contributed by atoms with Crippen LogP contribution in [0.15, 0.2) is 42.5 Å². The van der Waals surface area contributed by atoms with Gasteiger partial charge >= 0.3 is 13.5 Å². The van der Waals surface area contributed by atoms with E-state index in [2.05, 4.69) is 4.74 Å². The fourth-order valence-electron chi connectivity index (χ4n) is 5.21. The van der Waals surface area contributed by atoms with Gasteiger partial charge in [-0.2, -0.15) is 0 Å². The van der Waals surface area contributed by atoms with Gasteiger partial charge in [-0.15, -0.1) is 13.2 Å². The first kappa shape index (κ1) is 29.2. The lowest BCUT2D eigenvalue weighted by Gasteiger charge is -2.36. The van der Waals surface area contributed by atoms with Crippen molar-refractivity contribution in [2.45, 2.75) is 63.9 Å². The van der Waals surface area contributed by atoms with Crippen LogP contribution < -0.4 is 20.7 Å². The van der Waals surface area contributed by atoms with Crippen LogP contribution in [0, 0.1) is 5.92 Å². The Morgan fingerprint density at radius 2 is 1.71 bits per heavy atom. The predicted octanol–water partition coefficient (Wildman–Crippen LogP) is 2.83. The first-order chi connectivity index (χ1) is 19.1. The van der Waals surface area contributed by atoms with Gasteiger partial charge in [0.2, 0.25) is 5.91 Å². The van der Waals surface area contributed by atoms with Crippen molar-refractivity contribution in [3.63, 3.8) is 0 Å². The number of primary amides is 1. The number of hydrogen-bond donors (Lipinski definition) is 1. The number of carbonyl (C=O) groups is 2. The van der Waals surface area contributed by atoms with Gasteiger partial charge in [0.1, 0.15) is 23.7 Å².